The van der Waals surface area contributed by atoms with Crippen LogP contribution >= 0.6 is 11.5 Å². The lowest BCUT2D eigenvalue weighted by molar-refractivity contribution is 0.102. The van der Waals surface area contributed by atoms with Gasteiger partial charge in [-0.15, -0.1) is 15.3 Å². The molecule has 0 radical (unpaired) electrons. The summed E-state index contributed by atoms with van der Waals surface area (Å²) < 4.78 is 6.11. The van der Waals surface area contributed by atoms with Crippen molar-refractivity contribution >= 4 is 23.1 Å². The van der Waals surface area contributed by atoms with E-state index in [-0.39, 0.29) is 5.91 Å². The van der Waals surface area contributed by atoms with Crippen molar-refractivity contribution in [2.45, 2.75) is 52.0 Å². The lowest BCUT2D eigenvalue weighted by Crippen LogP contribution is -2.12. The molecule has 8 heteroatoms. The maximum atomic E-state index is 12.4. The summed E-state index contributed by atoms with van der Waals surface area (Å²) in [5, 5.41) is 15.7. The van der Waals surface area contributed by atoms with Crippen molar-refractivity contribution in [1.82, 2.24) is 24.4 Å². The maximum absolute atomic E-state index is 12.4. The number of nitrogens with one attached hydrogen (secondary N) is 1. The molecule has 1 aliphatic rings. The summed E-state index contributed by atoms with van der Waals surface area (Å²) in [5.74, 6) is 1.82. The minimum atomic E-state index is -0.165. The number of nitrogens with zero attached hydrogens (tertiary/aromatic N) is 5. The summed E-state index contributed by atoms with van der Waals surface area (Å²) in [4.78, 5) is 13.0. The minimum absolute atomic E-state index is 0.165. The molecule has 0 spiro atoms. The van der Waals surface area contributed by atoms with Gasteiger partial charge in [-0.05, 0) is 55.1 Å². The third kappa shape index (κ3) is 3.75. The van der Waals surface area contributed by atoms with Crippen LogP contribution in [0.25, 0.3) is 11.4 Å². The smallest absolute Gasteiger partial charge is 0.269 e. The van der Waals surface area contributed by atoms with E-state index in [9.17, 15) is 4.79 Å². The first-order chi connectivity index (χ1) is 13.3. The van der Waals surface area contributed by atoms with Crippen LogP contribution in [0.4, 0.5) is 5.69 Å². The Kier molecular flexibility index (Phi) is 5.24. The molecule has 2 aromatic heterocycles. The summed E-state index contributed by atoms with van der Waals surface area (Å²) in [6.45, 7) is 2.93. The van der Waals surface area contributed by atoms with Crippen molar-refractivity contribution in [2.24, 2.45) is 0 Å². The highest BCUT2D eigenvalue weighted by Gasteiger charge is 2.17. The van der Waals surface area contributed by atoms with E-state index < -0.39 is 0 Å². The summed E-state index contributed by atoms with van der Waals surface area (Å²) in [5.41, 5.74) is 2.49. The predicted octanol–water partition coefficient (Wildman–Crippen LogP) is 3.73. The molecule has 7 nitrogen and oxygen atoms in total. The van der Waals surface area contributed by atoms with E-state index in [0.717, 1.165) is 59.5 Å². The van der Waals surface area contributed by atoms with E-state index in [1.54, 1.807) is 0 Å². The Hall–Kier alpha value is -2.61. The second-order valence-corrected chi connectivity index (χ2v) is 7.44. The van der Waals surface area contributed by atoms with Crippen LogP contribution in [-0.4, -0.2) is 30.3 Å². The molecule has 27 heavy (non-hydrogen) atoms. The van der Waals surface area contributed by atoms with Gasteiger partial charge in [0.1, 0.15) is 10.7 Å². The van der Waals surface area contributed by atoms with Crippen LogP contribution in [0.2, 0.25) is 0 Å². The Morgan fingerprint density at radius 1 is 1.11 bits per heavy atom. The third-order valence-corrected chi connectivity index (χ3v) is 5.62. The molecule has 0 bridgehead atoms. The normalized spacial score (nSPS) is 14.3. The first kappa shape index (κ1) is 17.8. The van der Waals surface area contributed by atoms with Gasteiger partial charge in [0.05, 0.1) is 5.69 Å². The van der Waals surface area contributed by atoms with Crippen LogP contribution in [0.5, 0.6) is 0 Å². The Morgan fingerprint density at radius 2 is 1.93 bits per heavy atom. The number of carbonyl (C=O) groups excluding carboxylic acids is 1. The molecule has 1 aliphatic heterocycles. The van der Waals surface area contributed by atoms with E-state index in [4.69, 9.17) is 0 Å². The third-order valence-electron chi connectivity index (χ3n) is 4.86. The number of benzene rings is 1. The molecule has 0 fully saturated rings. The summed E-state index contributed by atoms with van der Waals surface area (Å²) in [6.07, 6.45) is 6.55. The van der Waals surface area contributed by atoms with Gasteiger partial charge in [0.15, 0.2) is 5.82 Å². The number of anilines is 1. The number of hydrogen-bond acceptors (Lipinski definition) is 6. The Morgan fingerprint density at radius 3 is 2.74 bits per heavy atom. The van der Waals surface area contributed by atoms with Gasteiger partial charge >= 0.3 is 0 Å². The molecular weight excluding hydrogens is 360 g/mol. The molecule has 3 aromatic rings. The van der Waals surface area contributed by atoms with Gasteiger partial charge in [0.2, 0.25) is 0 Å². The number of amides is 1. The fourth-order valence-electron chi connectivity index (χ4n) is 3.38. The SMILES string of the molecule is CCc1nnsc1C(=O)Nc1ccc(-c2nnc3n2CCCCCC3)cc1. The molecule has 0 saturated carbocycles. The van der Waals surface area contributed by atoms with Crippen LogP contribution in [0.1, 0.15) is 53.8 Å². The molecule has 1 N–H and O–H groups in total. The number of hydrogen-bond donors (Lipinski definition) is 1. The zero-order valence-corrected chi connectivity index (χ0v) is 16.1. The standard InChI is InChI=1S/C19H22N6OS/c1-2-15-17(27-24-21-15)19(26)20-14-10-8-13(9-11-14)18-23-22-16-7-5-3-4-6-12-25(16)18/h8-11H,2-7,12H2,1H3,(H,20,26). The number of rotatable bonds is 4. The molecule has 0 atom stereocenters. The number of aromatic nitrogens is 5. The van der Waals surface area contributed by atoms with Gasteiger partial charge in [-0.25, -0.2) is 0 Å². The van der Waals surface area contributed by atoms with Crippen LogP contribution in [0.3, 0.4) is 0 Å². The largest absolute Gasteiger partial charge is 0.321 e. The van der Waals surface area contributed by atoms with Crippen molar-refractivity contribution in [3.63, 3.8) is 0 Å². The average Bonchev–Trinajstić information content (AvgIpc) is 3.29. The van der Waals surface area contributed by atoms with Crippen LogP contribution in [-0.2, 0) is 19.4 Å². The fraction of sp³-hybridized carbons (Fsp3) is 0.421. The molecule has 0 saturated heterocycles. The Labute approximate surface area is 162 Å². The van der Waals surface area contributed by atoms with Crippen molar-refractivity contribution < 1.29 is 4.79 Å². The molecule has 3 heterocycles. The molecule has 4 rings (SSSR count). The second-order valence-electron chi connectivity index (χ2n) is 6.69. The highest BCUT2D eigenvalue weighted by Crippen LogP contribution is 2.24. The molecular formula is C19H22N6OS. The summed E-state index contributed by atoms with van der Waals surface area (Å²) >= 11 is 1.13. The van der Waals surface area contributed by atoms with Crippen molar-refractivity contribution in [3.05, 3.63) is 40.7 Å². The zero-order chi connectivity index (χ0) is 18.6. The number of fused-ring (bicyclic) bond motifs is 1. The highest BCUT2D eigenvalue weighted by atomic mass is 32.1. The van der Waals surface area contributed by atoms with Gasteiger partial charge in [0.25, 0.3) is 5.91 Å². The van der Waals surface area contributed by atoms with Crippen molar-refractivity contribution in [1.29, 1.82) is 0 Å². The van der Waals surface area contributed by atoms with E-state index in [2.05, 4.69) is 29.7 Å². The zero-order valence-electron chi connectivity index (χ0n) is 15.3. The molecule has 1 aromatic carbocycles. The van der Waals surface area contributed by atoms with Crippen molar-refractivity contribution in [2.75, 3.05) is 5.32 Å². The van der Waals surface area contributed by atoms with E-state index in [0.29, 0.717) is 11.3 Å². The maximum Gasteiger partial charge on any atom is 0.269 e. The van der Waals surface area contributed by atoms with E-state index >= 15 is 0 Å². The Bertz CT molecular complexity index is 930. The van der Waals surface area contributed by atoms with E-state index in [1.165, 1.54) is 19.3 Å². The quantitative estimate of drug-likeness (QED) is 0.743. The second kappa shape index (κ2) is 7.96. The van der Waals surface area contributed by atoms with Crippen LogP contribution in [0, 0.1) is 0 Å². The number of aryl methyl sites for hydroxylation is 2. The monoisotopic (exact) mass is 382 g/mol. The first-order valence-corrected chi connectivity index (χ1v) is 10.2. The van der Waals surface area contributed by atoms with Crippen LogP contribution < -0.4 is 5.32 Å². The lowest BCUT2D eigenvalue weighted by atomic mass is 10.1. The van der Waals surface area contributed by atoms with Gasteiger partial charge in [-0.3, -0.25) is 4.79 Å². The predicted molar refractivity (Wildman–Crippen MR) is 105 cm³/mol. The van der Waals surface area contributed by atoms with Gasteiger partial charge in [-0.1, -0.05) is 24.3 Å². The van der Waals surface area contributed by atoms with Gasteiger partial charge in [0, 0.05) is 24.2 Å². The van der Waals surface area contributed by atoms with Gasteiger partial charge < -0.3 is 9.88 Å². The molecule has 0 unspecified atom stereocenters. The van der Waals surface area contributed by atoms with Crippen molar-refractivity contribution in [3.8, 4) is 11.4 Å². The molecule has 1 amide bonds. The fourth-order valence-corrected chi connectivity index (χ4v) is 4.02. The van der Waals surface area contributed by atoms with Crippen LogP contribution in [0.15, 0.2) is 24.3 Å². The molecule has 0 aliphatic carbocycles. The summed E-state index contributed by atoms with van der Waals surface area (Å²) in [6, 6.07) is 7.77. The first-order valence-electron chi connectivity index (χ1n) is 9.41. The van der Waals surface area contributed by atoms with Gasteiger partial charge in [-0.2, -0.15) is 0 Å². The lowest BCUT2D eigenvalue weighted by Gasteiger charge is -2.13. The highest BCUT2D eigenvalue weighted by molar-refractivity contribution is 7.08. The summed E-state index contributed by atoms with van der Waals surface area (Å²) in [7, 11) is 0. The molecule has 140 valence electrons. The topological polar surface area (TPSA) is 85.6 Å². The minimum Gasteiger partial charge on any atom is -0.321 e. The Balaban J connectivity index is 1.52. The number of carbonyl (C=O) groups is 1. The van der Waals surface area contributed by atoms with E-state index in [1.807, 2.05) is 31.2 Å². The average molecular weight is 382 g/mol.